The first-order valence-electron chi connectivity index (χ1n) is 15.7. The summed E-state index contributed by atoms with van der Waals surface area (Å²) in [5.41, 5.74) is 14.9. The molecule has 1 heterocycles. The molecule has 3 heteroatoms. The summed E-state index contributed by atoms with van der Waals surface area (Å²) in [5, 5.41) is 2.24. The van der Waals surface area contributed by atoms with Gasteiger partial charge in [-0.1, -0.05) is 113 Å². The van der Waals surface area contributed by atoms with E-state index in [-0.39, 0.29) is 10.8 Å². The van der Waals surface area contributed by atoms with E-state index in [1.165, 1.54) is 50.2 Å². The number of hydrogen-bond donors (Lipinski definition) is 0. The predicted molar refractivity (Wildman–Crippen MR) is 181 cm³/mol. The normalized spacial score (nSPS) is 17.3. The van der Waals surface area contributed by atoms with E-state index in [0.717, 1.165) is 40.4 Å². The van der Waals surface area contributed by atoms with E-state index in [1.807, 2.05) is 0 Å². The highest BCUT2D eigenvalue weighted by Gasteiger charge is 2.40. The molecule has 5 aromatic carbocycles. The summed E-state index contributed by atoms with van der Waals surface area (Å²) in [5.74, 6) is 0. The number of oxazole rings is 1. The minimum atomic E-state index is -0.0678. The van der Waals surface area contributed by atoms with E-state index in [4.69, 9.17) is 9.40 Å². The van der Waals surface area contributed by atoms with Gasteiger partial charge in [-0.15, -0.1) is 0 Å². The fourth-order valence-electron chi connectivity index (χ4n) is 8.15. The lowest BCUT2D eigenvalue weighted by molar-refractivity contribution is 0.601. The molecular formula is C41H34N2O. The van der Waals surface area contributed by atoms with Gasteiger partial charge in [-0.2, -0.15) is 4.98 Å². The van der Waals surface area contributed by atoms with Gasteiger partial charge in [0.1, 0.15) is 5.52 Å². The summed E-state index contributed by atoms with van der Waals surface area (Å²) in [7, 11) is 0. The number of anilines is 2. The molecule has 0 amide bonds. The van der Waals surface area contributed by atoms with Crippen LogP contribution >= 0.6 is 0 Å². The zero-order chi connectivity index (χ0) is 29.8. The van der Waals surface area contributed by atoms with E-state index in [0.29, 0.717) is 6.01 Å². The van der Waals surface area contributed by atoms with Crippen LogP contribution in [0.3, 0.4) is 0 Å². The van der Waals surface area contributed by atoms with Crippen LogP contribution in [0, 0.1) is 0 Å². The van der Waals surface area contributed by atoms with Gasteiger partial charge in [0.05, 0.1) is 5.69 Å². The van der Waals surface area contributed by atoms with Crippen LogP contribution < -0.4 is 4.90 Å². The van der Waals surface area contributed by atoms with E-state index in [1.54, 1.807) is 0 Å². The molecule has 9 rings (SSSR count). The smallest absolute Gasteiger partial charge is 0.307 e. The van der Waals surface area contributed by atoms with Gasteiger partial charge in [0.25, 0.3) is 0 Å². The van der Waals surface area contributed by atoms with E-state index in [9.17, 15) is 0 Å². The molecule has 3 aliphatic carbocycles. The van der Waals surface area contributed by atoms with Crippen molar-refractivity contribution in [1.29, 1.82) is 0 Å². The van der Waals surface area contributed by atoms with Crippen LogP contribution in [-0.2, 0) is 10.8 Å². The Morgan fingerprint density at radius 1 is 0.659 bits per heavy atom. The molecule has 0 bridgehead atoms. The Hall–Kier alpha value is -4.89. The number of aromatic nitrogens is 1. The molecule has 0 radical (unpaired) electrons. The van der Waals surface area contributed by atoms with Crippen LogP contribution in [0.2, 0.25) is 0 Å². The van der Waals surface area contributed by atoms with Crippen molar-refractivity contribution in [1.82, 2.24) is 4.98 Å². The van der Waals surface area contributed by atoms with Gasteiger partial charge in [-0.3, -0.25) is 4.90 Å². The van der Waals surface area contributed by atoms with E-state index >= 15 is 0 Å². The molecule has 44 heavy (non-hydrogen) atoms. The lowest BCUT2D eigenvalue weighted by Crippen LogP contribution is -2.22. The summed E-state index contributed by atoms with van der Waals surface area (Å²) < 4.78 is 6.76. The number of allylic oxidation sites excluding steroid dienone is 4. The Kier molecular flexibility index (Phi) is 5.13. The van der Waals surface area contributed by atoms with Gasteiger partial charge >= 0.3 is 6.01 Å². The second-order valence-electron chi connectivity index (χ2n) is 13.6. The molecule has 6 aromatic rings. The summed E-state index contributed by atoms with van der Waals surface area (Å²) in [6.07, 6.45) is 4.32. The molecule has 3 aliphatic rings. The Morgan fingerprint density at radius 3 is 2.20 bits per heavy atom. The average Bonchev–Trinajstić information content (AvgIpc) is 3.65. The molecule has 214 valence electrons. The average molecular weight is 571 g/mol. The van der Waals surface area contributed by atoms with Gasteiger partial charge in [0.15, 0.2) is 5.58 Å². The first kappa shape index (κ1) is 25.6. The molecule has 0 saturated carbocycles. The van der Waals surface area contributed by atoms with E-state index in [2.05, 4.69) is 142 Å². The quantitative estimate of drug-likeness (QED) is 0.212. The summed E-state index contributed by atoms with van der Waals surface area (Å²) in [4.78, 5) is 7.43. The molecule has 0 aliphatic heterocycles. The third kappa shape index (κ3) is 3.41. The predicted octanol–water partition coefficient (Wildman–Crippen LogP) is 10.8. The van der Waals surface area contributed by atoms with Crippen LogP contribution in [0.4, 0.5) is 11.7 Å². The van der Waals surface area contributed by atoms with Crippen molar-refractivity contribution < 1.29 is 4.42 Å². The van der Waals surface area contributed by atoms with Crippen molar-refractivity contribution in [2.75, 3.05) is 4.90 Å². The Balaban J connectivity index is 1.27. The first-order valence-corrected chi connectivity index (χ1v) is 15.7. The molecule has 0 fully saturated rings. The monoisotopic (exact) mass is 570 g/mol. The zero-order valence-corrected chi connectivity index (χ0v) is 25.6. The van der Waals surface area contributed by atoms with Crippen molar-refractivity contribution >= 4 is 39.1 Å². The molecular weight excluding hydrogens is 536 g/mol. The van der Waals surface area contributed by atoms with Crippen LogP contribution in [0.25, 0.3) is 38.6 Å². The largest absolute Gasteiger partial charge is 0.422 e. The lowest BCUT2D eigenvalue weighted by Gasteiger charge is -2.30. The Morgan fingerprint density at radius 2 is 1.36 bits per heavy atom. The minimum absolute atomic E-state index is 0.0463. The molecule has 0 spiro atoms. The zero-order valence-electron chi connectivity index (χ0n) is 25.6. The maximum atomic E-state index is 6.76. The number of benzene rings is 5. The first-order chi connectivity index (χ1) is 21.3. The van der Waals surface area contributed by atoms with E-state index < -0.39 is 0 Å². The highest BCUT2D eigenvalue weighted by Crippen LogP contribution is 2.53. The third-order valence-corrected chi connectivity index (χ3v) is 10.4. The van der Waals surface area contributed by atoms with Crippen molar-refractivity contribution in [2.24, 2.45) is 0 Å². The topological polar surface area (TPSA) is 29.3 Å². The molecule has 0 atom stereocenters. The van der Waals surface area contributed by atoms with Crippen molar-refractivity contribution in [3.05, 3.63) is 143 Å². The van der Waals surface area contributed by atoms with Gasteiger partial charge in [-0.25, -0.2) is 0 Å². The van der Waals surface area contributed by atoms with Crippen molar-refractivity contribution in [3.8, 4) is 11.1 Å². The number of nitrogens with zero attached hydrogens (tertiary/aromatic N) is 2. The SMILES string of the molecule is CC1(C)C2=C(CCC(N(c3ccc4c(c3)-c3ccccc3C4(C)C)c3nc4ccc5ccccc5c4o3)=C2)c2ccccc21. The lowest BCUT2D eigenvalue weighted by atomic mass is 9.79. The maximum Gasteiger partial charge on any atom is 0.307 e. The second-order valence-corrected chi connectivity index (χ2v) is 13.6. The molecule has 0 unspecified atom stereocenters. The summed E-state index contributed by atoms with van der Waals surface area (Å²) in [6.45, 7) is 9.38. The van der Waals surface area contributed by atoms with Crippen LogP contribution in [0.1, 0.15) is 62.8 Å². The number of rotatable bonds is 3. The van der Waals surface area contributed by atoms with Crippen LogP contribution in [0.5, 0.6) is 0 Å². The molecule has 0 N–H and O–H groups in total. The van der Waals surface area contributed by atoms with Crippen LogP contribution in [0.15, 0.2) is 125 Å². The van der Waals surface area contributed by atoms with Crippen molar-refractivity contribution in [3.63, 3.8) is 0 Å². The van der Waals surface area contributed by atoms with Crippen LogP contribution in [-0.4, -0.2) is 4.98 Å². The third-order valence-electron chi connectivity index (χ3n) is 10.4. The molecule has 1 aromatic heterocycles. The van der Waals surface area contributed by atoms with Gasteiger partial charge in [0, 0.05) is 21.9 Å². The fourth-order valence-corrected chi connectivity index (χ4v) is 8.15. The summed E-state index contributed by atoms with van der Waals surface area (Å²) in [6, 6.07) is 37.9. The standard InChI is InChI=1S/C41H34N2O/c1-40(2)34-16-10-8-14-30(34)32-23-26(19-21-35(32)40)43(39-42-37-22-17-25-11-5-6-12-28(25)38(37)44-39)27-18-20-31-29-13-7-9-15-33(29)41(3,4)36(31)24-27/h5-17,19,21-24H,18,20H2,1-4H3. The fraction of sp³-hybridized carbons (Fsp3) is 0.195. The maximum absolute atomic E-state index is 6.76. The summed E-state index contributed by atoms with van der Waals surface area (Å²) >= 11 is 0. The van der Waals surface area contributed by atoms with Gasteiger partial charge in [0.2, 0.25) is 0 Å². The Bertz CT molecular complexity index is 2240. The minimum Gasteiger partial charge on any atom is -0.422 e. The Labute approximate surface area is 258 Å². The van der Waals surface area contributed by atoms with Crippen molar-refractivity contribution in [2.45, 2.75) is 51.4 Å². The molecule has 0 saturated heterocycles. The molecule has 3 nitrogen and oxygen atoms in total. The van der Waals surface area contributed by atoms with Gasteiger partial charge < -0.3 is 4.42 Å². The number of fused-ring (bicyclic) bond motifs is 8. The number of hydrogen-bond acceptors (Lipinski definition) is 3. The second kappa shape index (κ2) is 8.83. The van der Waals surface area contributed by atoms with Gasteiger partial charge in [-0.05, 0) is 87.0 Å². The highest BCUT2D eigenvalue weighted by molar-refractivity contribution is 6.03. The highest BCUT2D eigenvalue weighted by atomic mass is 16.4.